The summed E-state index contributed by atoms with van der Waals surface area (Å²) in [5, 5.41) is 5.63. The van der Waals surface area contributed by atoms with Crippen LogP contribution in [0.2, 0.25) is 0 Å². The van der Waals surface area contributed by atoms with Gasteiger partial charge in [-0.25, -0.2) is 0 Å². The maximum absolute atomic E-state index is 11.9. The van der Waals surface area contributed by atoms with Crippen LogP contribution in [0.5, 0.6) is 5.75 Å². The highest BCUT2D eigenvalue weighted by Crippen LogP contribution is 2.23. The van der Waals surface area contributed by atoms with Crippen LogP contribution in [0.15, 0.2) is 24.3 Å². The first-order valence-corrected chi connectivity index (χ1v) is 8.69. The zero-order valence-corrected chi connectivity index (χ0v) is 14.0. The number of hydrogen-bond acceptors (Lipinski definition) is 4. The molecule has 0 fully saturated rings. The van der Waals surface area contributed by atoms with E-state index in [1.165, 1.54) is 11.8 Å². The Bertz CT molecular complexity index is 480. The van der Waals surface area contributed by atoms with Gasteiger partial charge >= 0.3 is 0 Å². The summed E-state index contributed by atoms with van der Waals surface area (Å²) in [6.45, 7) is 5.21. The summed E-state index contributed by atoms with van der Waals surface area (Å²) in [6, 6.07) is 7.31. The van der Waals surface area contributed by atoms with Crippen molar-refractivity contribution in [2.24, 2.45) is 0 Å². The first-order valence-electron chi connectivity index (χ1n) is 7.53. The van der Waals surface area contributed by atoms with Crippen molar-refractivity contribution < 1.29 is 14.3 Å². The van der Waals surface area contributed by atoms with E-state index in [0.29, 0.717) is 30.3 Å². The molecule has 0 saturated carbocycles. The predicted octanol–water partition coefficient (Wildman–Crippen LogP) is 2.67. The van der Waals surface area contributed by atoms with Gasteiger partial charge in [-0.1, -0.05) is 25.5 Å². The summed E-state index contributed by atoms with van der Waals surface area (Å²) in [4.78, 5) is 23.4. The lowest BCUT2D eigenvalue weighted by atomic mass is 10.3. The zero-order chi connectivity index (χ0) is 16.2. The number of carbonyl (C=O) groups excluding carboxylic acids is 2. The molecule has 0 aromatic heterocycles. The number of anilines is 1. The van der Waals surface area contributed by atoms with E-state index >= 15 is 0 Å². The molecule has 0 aliphatic carbocycles. The summed E-state index contributed by atoms with van der Waals surface area (Å²) in [5.74, 6) is 1.02. The molecule has 0 atom stereocenters. The number of amides is 2. The summed E-state index contributed by atoms with van der Waals surface area (Å²) >= 11 is 1.30. The summed E-state index contributed by atoms with van der Waals surface area (Å²) < 4.78 is 5.45. The third-order valence-corrected chi connectivity index (χ3v) is 3.71. The van der Waals surface area contributed by atoms with E-state index in [2.05, 4.69) is 17.6 Å². The van der Waals surface area contributed by atoms with Crippen molar-refractivity contribution in [3.63, 3.8) is 0 Å². The lowest BCUT2D eigenvalue weighted by molar-refractivity contribution is -0.118. The van der Waals surface area contributed by atoms with Crippen molar-refractivity contribution in [1.29, 1.82) is 0 Å². The van der Waals surface area contributed by atoms with Crippen molar-refractivity contribution in [2.45, 2.75) is 26.7 Å². The van der Waals surface area contributed by atoms with E-state index in [1.54, 1.807) is 6.07 Å². The predicted molar refractivity (Wildman–Crippen MR) is 91.5 cm³/mol. The quantitative estimate of drug-likeness (QED) is 0.649. The first-order chi connectivity index (χ1) is 10.7. The van der Waals surface area contributed by atoms with Crippen molar-refractivity contribution in [3.05, 3.63) is 24.3 Å². The molecule has 0 saturated heterocycles. The molecule has 2 N–H and O–H groups in total. The van der Waals surface area contributed by atoms with Gasteiger partial charge in [-0.05, 0) is 25.5 Å². The molecule has 0 spiro atoms. The van der Waals surface area contributed by atoms with Crippen molar-refractivity contribution in [2.75, 3.05) is 30.0 Å². The molecule has 1 rings (SSSR count). The summed E-state index contributed by atoms with van der Waals surface area (Å²) in [7, 11) is 0. The fraction of sp³-hybridized carbons (Fsp3) is 0.500. The second-order valence-corrected chi connectivity index (χ2v) is 5.66. The highest BCUT2D eigenvalue weighted by Gasteiger charge is 2.08. The Morgan fingerprint density at radius 3 is 2.59 bits per heavy atom. The van der Waals surface area contributed by atoms with Gasteiger partial charge < -0.3 is 15.4 Å². The Kier molecular flexibility index (Phi) is 9.14. The molecule has 0 heterocycles. The van der Waals surface area contributed by atoms with Crippen molar-refractivity contribution in [1.82, 2.24) is 5.32 Å². The molecule has 0 aliphatic heterocycles. The van der Waals surface area contributed by atoms with Crippen LogP contribution >= 0.6 is 11.8 Å². The molecule has 5 nitrogen and oxygen atoms in total. The molecule has 0 bridgehead atoms. The summed E-state index contributed by atoms with van der Waals surface area (Å²) in [6.07, 6.45) is 2.03. The maximum Gasteiger partial charge on any atom is 0.234 e. The van der Waals surface area contributed by atoms with Gasteiger partial charge in [0.25, 0.3) is 0 Å². The number of unbranched alkanes of at least 4 members (excludes halogenated alkanes) is 1. The van der Waals surface area contributed by atoms with Crippen LogP contribution in [0.25, 0.3) is 0 Å². The van der Waals surface area contributed by atoms with Crippen LogP contribution in [0.1, 0.15) is 26.7 Å². The lowest BCUT2D eigenvalue weighted by Crippen LogP contribution is -2.27. The van der Waals surface area contributed by atoms with Crippen LogP contribution in [0.3, 0.4) is 0 Å². The highest BCUT2D eigenvalue weighted by atomic mass is 32.2. The van der Waals surface area contributed by atoms with Gasteiger partial charge in [0.15, 0.2) is 0 Å². The smallest absolute Gasteiger partial charge is 0.234 e. The molecule has 0 radical (unpaired) electrons. The largest absolute Gasteiger partial charge is 0.492 e. The number of nitrogens with one attached hydrogen (secondary N) is 2. The average Bonchev–Trinajstić information content (AvgIpc) is 2.50. The van der Waals surface area contributed by atoms with Gasteiger partial charge in [0, 0.05) is 6.54 Å². The van der Waals surface area contributed by atoms with Gasteiger partial charge in [0.05, 0.1) is 23.8 Å². The minimum atomic E-state index is -0.140. The fourth-order valence-electron chi connectivity index (χ4n) is 1.73. The van der Waals surface area contributed by atoms with Gasteiger partial charge in [-0.2, -0.15) is 0 Å². The highest BCUT2D eigenvalue weighted by molar-refractivity contribution is 8.00. The van der Waals surface area contributed by atoms with Crippen molar-refractivity contribution in [3.8, 4) is 5.75 Å². The number of benzene rings is 1. The van der Waals surface area contributed by atoms with Crippen molar-refractivity contribution >= 4 is 29.3 Å². The number of thioether (sulfide) groups is 1. The van der Waals surface area contributed by atoms with Crippen LogP contribution in [-0.2, 0) is 9.59 Å². The molecule has 122 valence electrons. The number of ether oxygens (including phenoxy) is 1. The number of hydrogen-bond donors (Lipinski definition) is 2. The molecule has 0 unspecified atom stereocenters. The lowest BCUT2D eigenvalue weighted by Gasteiger charge is -2.11. The minimum Gasteiger partial charge on any atom is -0.492 e. The third kappa shape index (κ3) is 7.36. The van der Waals surface area contributed by atoms with E-state index in [-0.39, 0.29) is 17.6 Å². The zero-order valence-electron chi connectivity index (χ0n) is 13.2. The van der Waals surface area contributed by atoms with Crippen LogP contribution < -0.4 is 15.4 Å². The monoisotopic (exact) mass is 324 g/mol. The van der Waals surface area contributed by atoms with E-state index in [9.17, 15) is 9.59 Å². The van der Waals surface area contributed by atoms with Gasteiger partial charge in [0.1, 0.15) is 5.75 Å². The topological polar surface area (TPSA) is 67.4 Å². The fourth-order valence-corrected chi connectivity index (χ4v) is 2.38. The van der Waals surface area contributed by atoms with Crippen LogP contribution in [0, 0.1) is 0 Å². The molecule has 22 heavy (non-hydrogen) atoms. The Balaban J connectivity index is 2.30. The third-order valence-electron chi connectivity index (χ3n) is 2.78. The normalized spacial score (nSPS) is 10.1. The van der Waals surface area contributed by atoms with Gasteiger partial charge in [0.2, 0.25) is 11.8 Å². The molecule has 1 aromatic rings. The Morgan fingerprint density at radius 1 is 1.14 bits per heavy atom. The second-order valence-electron chi connectivity index (χ2n) is 4.67. The molecule has 2 amide bonds. The second kappa shape index (κ2) is 11.0. The number of rotatable bonds is 10. The Morgan fingerprint density at radius 2 is 1.86 bits per heavy atom. The molecular weight excluding hydrogens is 300 g/mol. The van der Waals surface area contributed by atoms with E-state index < -0.39 is 0 Å². The van der Waals surface area contributed by atoms with Crippen LogP contribution in [-0.4, -0.2) is 36.5 Å². The van der Waals surface area contributed by atoms with E-state index in [1.807, 2.05) is 25.1 Å². The van der Waals surface area contributed by atoms with E-state index in [0.717, 1.165) is 12.8 Å². The molecular formula is C16H24N2O3S. The average molecular weight is 324 g/mol. The van der Waals surface area contributed by atoms with Gasteiger partial charge in [-0.15, -0.1) is 11.8 Å². The van der Waals surface area contributed by atoms with Gasteiger partial charge in [-0.3, -0.25) is 9.59 Å². The molecule has 0 aliphatic rings. The molecule has 6 heteroatoms. The standard InChI is InChI=1S/C16H24N2O3S/c1-3-5-10-17-15(19)11-22-12-16(20)18-13-8-6-7-9-14(13)21-4-2/h6-9H,3-5,10-12H2,1-2H3,(H,17,19)(H,18,20). The Labute approximate surface area is 136 Å². The number of para-hydroxylation sites is 2. The van der Waals surface area contributed by atoms with Crippen LogP contribution in [0.4, 0.5) is 5.69 Å². The Hall–Kier alpha value is -1.69. The summed E-state index contributed by atoms with van der Waals surface area (Å²) in [5.41, 5.74) is 0.655. The SMILES string of the molecule is CCCCNC(=O)CSCC(=O)Nc1ccccc1OCC. The first kappa shape index (κ1) is 18.4. The maximum atomic E-state index is 11.9. The molecule has 1 aromatic carbocycles. The number of carbonyl (C=O) groups is 2. The van der Waals surface area contributed by atoms with E-state index in [4.69, 9.17) is 4.74 Å². The minimum absolute atomic E-state index is 0.0269.